The van der Waals surface area contributed by atoms with Crippen LogP contribution in [0.3, 0.4) is 0 Å². The molecule has 1 aliphatic rings. The summed E-state index contributed by atoms with van der Waals surface area (Å²) in [5, 5.41) is 5.35. The molecule has 2 N–H and O–H groups in total. The van der Waals surface area contributed by atoms with Gasteiger partial charge in [0.1, 0.15) is 11.4 Å². The predicted octanol–water partition coefficient (Wildman–Crippen LogP) is 0.0697. The van der Waals surface area contributed by atoms with E-state index in [0.29, 0.717) is 18.9 Å². The molecule has 0 aromatic heterocycles. The average Bonchev–Trinajstić information content (AvgIpc) is 2.46. The van der Waals surface area contributed by atoms with Crippen molar-refractivity contribution in [1.82, 2.24) is 20.4 Å². The van der Waals surface area contributed by atoms with Crippen LogP contribution in [0.4, 0.5) is 0 Å². The Morgan fingerprint density at radius 1 is 1.05 bits per heavy atom. The summed E-state index contributed by atoms with van der Waals surface area (Å²) >= 11 is 0. The third kappa shape index (κ3) is 4.37. The van der Waals surface area contributed by atoms with Crippen LogP contribution in [0.15, 0.2) is 36.7 Å². The Morgan fingerprint density at radius 2 is 1.48 bits per heavy atom. The zero-order chi connectivity index (χ0) is 15.8. The van der Waals surface area contributed by atoms with Gasteiger partial charge in [-0.3, -0.25) is 9.59 Å². The van der Waals surface area contributed by atoms with Gasteiger partial charge in [-0.1, -0.05) is 12.2 Å². The van der Waals surface area contributed by atoms with Gasteiger partial charge in [0, 0.05) is 40.3 Å². The number of rotatable bonds is 6. The van der Waals surface area contributed by atoms with Crippen molar-refractivity contribution in [2.24, 2.45) is 0 Å². The van der Waals surface area contributed by atoms with E-state index in [9.17, 15) is 9.59 Å². The summed E-state index contributed by atoms with van der Waals surface area (Å²) in [5.74, 6) is -0.150. The molecule has 0 spiro atoms. The van der Waals surface area contributed by atoms with Gasteiger partial charge in [-0.2, -0.15) is 0 Å². The molecule has 0 atom stereocenters. The third-order valence-electron chi connectivity index (χ3n) is 3.20. The molecular weight excluding hydrogens is 268 g/mol. The van der Waals surface area contributed by atoms with Gasteiger partial charge in [0.15, 0.2) is 0 Å². The van der Waals surface area contributed by atoms with Crippen molar-refractivity contribution in [3.63, 3.8) is 0 Å². The maximum Gasteiger partial charge on any atom is 0.260 e. The van der Waals surface area contributed by atoms with Crippen LogP contribution in [0, 0.1) is 0 Å². The van der Waals surface area contributed by atoms with E-state index in [0.717, 1.165) is 19.5 Å². The number of carbonyl (C=O) groups excluding carboxylic acids is 2. The normalized spacial score (nSPS) is 14.5. The minimum Gasteiger partial charge on any atom is -0.360 e. The van der Waals surface area contributed by atoms with Crippen LogP contribution in [-0.2, 0) is 9.59 Å². The number of amides is 2. The molecule has 1 rings (SSSR count). The third-order valence-corrected chi connectivity index (χ3v) is 3.20. The molecule has 21 heavy (non-hydrogen) atoms. The molecule has 1 saturated heterocycles. The molecule has 1 aliphatic heterocycles. The lowest BCUT2D eigenvalue weighted by atomic mass is 10.1. The van der Waals surface area contributed by atoms with E-state index < -0.39 is 11.8 Å². The highest BCUT2D eigenvalue weighted by atomic mass is 16.2. The highest BCUT2D eigenvalue weighted by Crippen LogP contribution is 2.18. The number of hydrogen-bond donors (Lipinski definition) is 2. The maximum atomic E-state index is 12.3. The molecule has 116 valence electrons. The molecular formula is C15H24N4O2. The van der Waals surface area contributed by atoms with Crippen LogP contribution in [0.1, 0.15) is 6.42 Å². The van der Waals surface area contributed by atoms with E-state index in [1.807, 2.05) is 23.9 Å². The fourth-order valence-electron chi connectivity index (χ4n) is 2.24. The van der Waals surface area contributed by atoms with Gasteiger partial charge in [-0.05, 0) is 6.42 Å². The van der Waals surface area contributed by atoms with Crippen molar-refractivity contribution in [2.75, 3.05) is 40.3 Å². The predicted molar refractivity (Wildman–Crippen MR) is 83.3 cm³/mol. The van der Waals surface area contributed by atoms with Gasteiger partial charge in [0.2, 0.25) is 0 Å². The van der Waals surface area contributed by atoms with Gasteiger partial charge in [0.05, 0.1) is 0 Å². The molecule has 6 nitrogen and oxygen atoms in total. The quantitative estimate of drug-likeness (QED) is 0.315. The Hall–Kier alpha value is -2.24. The maximum absolute atomic E-state index is 12.3. The molecule has 0 aromatic rings. The number of nitrogens with one attached hydrogen (secondary N) is 2. The van der Waals surface area contributed by atoms with Gasteiger partial charge in [-0.25, -0.2) is 0 Å². The van der Waals surface area contributed by atoms with Gasteiger partial charge in [-0.15, -0.1) is 13.2 Å². The van der Waals surface area contributed by atoms with Crippen LogP contribution in [-0.4, -0.2) is 61.9 Å². The SMILES string of the molecule is C=CCNC(=O)C(C(=O)NCC=C)=C1N(C)CCCN1C. The van der Waals surface area contributed by atoms with E-state index in [-0.39, 0.29) is 5.57 Å². The summed E-state index contributed by atoms with van der Waals surface area (Å²) in [6, 6.07) is 0. The fraction of sp³-hybridized carbons (Fsp3) is 0.467. The molecule has 0 aliphatic carbocycles. The standard InChI is InChI=1S/C15H24N4O2/c1-5-8-16-13(20)12(14(21)17-9-6-2)15-18(3)10-7-11-19(15)4/h5-6H,1-2,7-11H2,3-4H3,(H,16,20)(H,17,21). The van der Waals surface area contributed by atoms with E-state index in [4.69, 9.17) is 0 Å². The number of hydrogen-bond acceptors (Lipinski definition) is 4. The Balaban J connectivity index is 3.14. The minimum absolute atomic E-state index is 0.128. The molecule has 0 radical (unpaired) electrons. The summed E-state index contributed by atoms with van der Waals surface area (Å²) in [6.45, 7) is 9.39. The average molecular weight is 292 g/mol. The Morgan fingerprint density at radius 3 is 1.86 bits per heavy atom. The Labute approximate surface area is 126 Å². The van der Waals surface area contributed by atoms with E-state index in [2.05, 4.69) is 23.8 Å². The fourth-order valence-corrected chi connectivity index (χ4v) is 2.24. The summed E-state index contributed by atoms with van der Waals surface area (Å²) in [6.07, 6.45) is 4.15. The first-order valence-corrected chi connectivity index (χ1v) is 6.97. The van der Waals surface area contributed by atoms with Gasteiger partial charge in [0.25, 0.3) is 11.8 Å². The molecule has 1 heterocycles. The summed E-state index contributed by atoms with van der Waals surface area (Å²) in [5.41, 5.74) is 0.128. The molecule has 1 fully saturated rings. The molecule has 6 heteroatoms. The number of carbonyl (C=O) groups is 2. The van der Waals surface area contributed by atoms with E-state index >= 15 is 0 Å². The molecule has 2 amide bonds. The minimum atomic E-state index is -0.396. The molecule has 0 aromatic carbocycles. The first-order valence-electron chi connectivity index (χ1n) is 6.97. The Bertz CT molecular complexity index is 419. The topological polar surface area (TPSA) is 64.7 Å². The van der Waals surface area contributed by atoms with Crippen molar-refractivity contribution in [2.45, 2.75) is 6.42 Å². The number of nitrogens with zero attached hydrogens (tertiary/aromatic N) is 2. The summed E-state index contributed by atoms with van der Waals surface area (Å²) in [4.78, 5) is 28.5. The van der Waals surface area contributed by atoms with E-state index in [1.54, 1.807) is 12.2 Å². The monoisotopic (exact) mass is 292 g/mol. The van der Waals surface area contributed by atoms with Crippen molar-refractivity contribution < 1.29 is 9.59 Å². The molecule has 0 bridgehead atoms. The second-order valence-electron chi connectivity index (χ2n) is 4.89. The summed E-state index contributed by atoms with van der Waals surface area (Å²) < 4.78 is 0. The van der Waals surface area contributed by atoms with Gasteiger partial charge < -0.3 is 20.4 Å². The zero-order valence-electron chi connectivity index (χ0n) is 12.8. The first-order chi connectivity index (χ1) is 10.0. The highest BCUT2D eigenvalue weighted by Gasteiger charge is 2.29. The lowest BCUT2D eigenvalue weighted by Crippen LogP contribution is -2.45. The second kappa shape index (κ2) is 8.14. The lowest BCUT2D eigenvalue weighted by molar-refractivity contribution is -0.123. The van der Waals surface area contributed by atoms with Crippen molar-refractivity contribution in [3.05, 3.63) is 36.7 Å². The summed E-state index contributed by atoms with van der Waals surface area (Å²) in [7, 11) is 3.76. The van der Waals surface area contributed by atoms with Gasteiger partial charge >= 0.3 is 0 Å². The van der Waals surface area contributed by atoms with Crippen LogP contribution in [0.5, 0.6) is 0 Å². The second-order valence-corrected chi connectivity index (χ2v) is 4.89. The highest BCUT2D eigenvalue weighted by molar-refractivity contribution is 6.19. The molecule has 0 saturated carbocycles. The first kappa shape index (κ1) is 16.8. The Kier molecular flexibility index (Phi) is 6.52. The lowest BCUT2D eigenvalue weighted by Gasteiger charge is -2.37. The zero-order valence-corrected chi connectivity index (χ0v) is 12.8. The van der Waals surface area contributed by atoms with E-state index in [1.165, 1.54) is 0 Å². The van der Waals surface area contributed by atoms with Crippen LogP contribution in [0.25, 0.3) is 0 Å². The largest absolute Gasteiger partial charge is 0.360 e. The van der Waals surface area contributed by atoms with Crippen molar-refractivity contribution in [1.29, 1.82) is 0 Å². The van der Waals surface area contributed by atoms with Crippen molar-refractivity contribution in [3.8, 4) is 0 Å². The van der Waals surface area contributed by atoms with Crippen LogP contribution in [0.2, 0.25) is 0 Å². The molecule has 0 unspecified atom stereocenters. The smallest absolute Gasteiger partial charge is 0.260 e. The van der Waals surface area contributed by atoms with Crippen molar-refractivity contribution >= 4 is 11.8 Å². The van der Waals surface area contributed by atoms with Crippen LogP contribution >= 0.6 is 0 Å². The van der Waals surface area contributed by atoms with Crippen LogP contribution < -0.4 is 10.6 Å².